The highest BCUT2D eigenvalue weighted by molar-refractivity contribution is 9.10. The minimum atomic E-state index is -2.95. The monoisotopic (exact) mass is 238 g/mol. The van der Waals surface area contributed by atoms with E-state index in [-0.39, 0.29) is 5.56 Å². The second kappa shape index (κ2) is 3.94. The molecule has 0 saturated heterocycles. The SMILES string of the molecule is FC(F)[C@@H](F)c1ccc(Br)cc1. The molecule has 0 unspecified atom stereocenters. The lowest BCUT2D eigenvalue weighted by Crippen LogP contribution is -2.02. The molecular formula is C8H6BrF3. The summed E-state index contributed by atoms with van der Waals surface area (Å²) in [5.41, 5.74) is 0.00759. The van der Waals surface area contributed by atoms with Gasteiger partial charge in [-0.25, -0.2) is 13.2 Å². The Kier molecular flexibility index (Phi) is 3.14. The maximum Gasteiger partial charge on any atom is 0.273 e. The van der Waals surface area contributed by atoms with Gasteiger partial charge in [-0.3, -0.25) is 0 Å². The van der Waals surface area contributed by atoms with Gasteiger partial charge in [0.15, 0.2) is 6.17 Å². The molecule has 1 atom stereocenters. The fourth-order valence-electron chi connectivity index (χ4n) is 0.792. The molecule has 0 bridgehead atoms. The van der Waals surface area contributed by atoms with Crippen molar-refractivity contribution in [2.45, 2.75) is 12.6 Å². The first-order valence-electron chi connectivity index (χ1n) is 3.29. The lowest BCUT2D eigenvalue weighted by molar-refractivity contribution is 0.0495. The van der Waals surface area contributed by atoms with Gasteiger partial charge in [-0.1, -0.05) is 28.1 Å². The fourth-order valence-corrected chi connectivity index (χ4v) is 1.06. The third kappa shape index (κ3) is 2.24. The number of hydrogen-bond acceptors (Lipinski definition) is 0. The first-order valence-corrected chi connectivity index (χ1v) is 4.08. The highest BCUT2D eigenvalue weighted by atomic mass is 79.9. The second-order valence-corrected chi connectivity index (χ2v) is 3.20. The lowest BCUT2D eigenvalue weighted by Gasteiger charge is -2.06. The van der Waals surface area contributed by atoms with Crippen molar-refractivity contribution in [3.8, 4) is 0 Å². The molecule has 1 aromatic rings. The largest absolute Gasteiger partial charge is 0.273 e. The topological polar surface area (TPSA) is 0 Å². The minimum absolute atomic E-state index is 0.00759. The van der Waals surface area contributed by atoms with Crippen LogP contribution in [0.25, 0.3) is 0 Å². The average molecular weight is 239 g/mol. The Hall–Kier alpha value is -0.510. The Labute approximate surface area is 76.5 Å². The zero-order valence-electron chi connectivity index (χ0n) is 5.98. The smallest absolute Gasteiger partial charge is 0.236 e. The summed E-state index contributed by atoms with van der Waals surface area (Å²) >= 11 is 3.12. The van der Waals surface area contributed by atoms with Crippen molar-refractivity contribution in [3.05, 3.63) is 34.3 Å². The Morgan fingerprint density at radius 1 is 1.00 bits per heavy atom. The van der Waals surface area contributed by atoms with Crippen LogP contribution in [0.3, 0.4) is 0 Å². The van der Waals surface area contributed by atoms with E-state index >= 15 is 0 Å². The van der Waals surface area contributed by atoms with E-state index in [4.69, 9.17) is 0 Å². The molecule has 0 radical (unpaired) electrons. The van der Waals surface area contributed by atoms with E-state index in [2.05, 4.69) is 15.9 Å². The number of hydrogen-bond donors (Lipinski definition) is 0. The van der Waals surface area contributed by atoms with Gasteiger partial charge in [-0.2, -0.15) is 0 Å². The van der Waals surface area contributed by atoms with Gasteiger partial charge in [-0.15, -0.1) is 0 Å². The number of halogens is 4. The molecule has 0 saturated carbocycles. The predicted octanol–water partition coefficient (Wildman–Crippen LogP) is 3.72. The van der Waals surface area contributed by atoms with Crippen LogP contribution in [-0.4, -0.2) is 6.43 Å². The standard InChI is InChI=1S/C8H6BrF3/c9-6-3-1-5(2-4-6)7(10)8(11)12/h1-4,7-8H/t7-/m0/s1. The summed E-state index contributed by atoms with van der Waals surface area (Å²) < 4.78 is 37.0. The van der Waals surface area contributed by atoms with Gasteiger partial charge in [0.1, 0.15) is 0 Å². The van der Waals surface area contributed by atoms with Crippen molar-refractivity contribution in [2.24, 2.45) is 0 Å². The summed E-state index contributed by atoms with van der Waals surface area (Å²) in [5, 5.41) is 0. The first kappa shape index (κ1) is 9.58. The second-order valence-electron chi connectivity index (χ2n) is 2.29. The van der Waals surface area contributed by atoms with Crippen molar-refractivity contribution < 1.29 is 13.2 Å². The molecule has 0 aliphatic heterocycles. The zero-order chi connectivity index (χ0) is 9.14. The molecular weight excluding hydrogens is 233 g/mol. The summed E-state index contributed by atoms with van der Waals surface area (Å²) in [6.07, 6.45) is -5.13. The third-order valence-corrected chi connectivity index (χ3v) is 1.94. The molecule has 12 heavy (non-hydrogen) atoms. The summed E-state index contributed by atoms with van der Waals surface area (Å²) in [6.45, 7) is 0. The summed E-state index contributed by atoms with van der Waals surface area (Å²) in [4.78, 5) is 0. The molecule has 0 fully saturated rings. The quantitative estimate of drug-likeness (QED) is 0.737. The maximum absolute atomic E-state index is 12.6. The minimum Gasteiger partial charge on any atom is -0.236 e. The van der Waals surface area contributed by atoms with E-state index in [0.29, 0.717) is 0 Å². The van der Waals surface area contributed by atoms with Gasteiger partial charge in [0.25, 0.3) is 6.43 Å². The van der Waals surface area contributed by atoms with Gasteiger partial charge in [0, 0.05) is 4.47 Å². The number of rotatable bonds is 2. The number of alkyl halides is 3. The molecule has 0 aliphatic rings. The molecule has 1 aromatic carbocycles. The predicted molar refractivity (Wildman–Crippen MR) is 44.0 cm³/mol. The van der Waals surface area contributed by atoms with Crippen LogP contribution in [0.15, 0.2) is 28.7 Å². The zero-order valence-corrected chi connectivity index (χ0v) is 7.56. The summed E-state index contributed by atoms with van der Waals surface area (Å²) in [6, 6.07) is 5.73. The van der Waals surface area contributed by atoms with Crippen molar-refractivity contribution in [2.75, 3.05) is 0 Å². The molecule has 0 N–H and O–H groups in total. The van der Waals surface area contributed by atoms with Crippen LogP contribution < -0.4 is 0 Å². The first-order chi connectivity index (χ1) is 5.61. The molecule has 0 nitrogen and oxygen atoms in total. The lowest BCUT2D eigenvalue weighted by atomic mass is 10.1. The van der Waals surface area contributed by atoms with Crippen molar-refractivity contribution in [3.63, 3.8) is 0 Å². The van der Waals surface area contributed by atoms with Crippen molar-refractivity contribution in [1.29, 1.82) is 0 Å². The van der Waals surface area contributed by atoms with Gasteiger partial charge in [0.2, 0.25) is 0 Å². The van der Waals surface area contributed by atoms with Crippen LogP contribution in [0.1, 0.15) is 11.7 Å². The van der Waals surface area contributed by atoms with Gasteiger partial charge in [0.05, 0.1) is 0 Å². The van der Waals surface area contributed by atoms with Gasteiger partial charge in [-0.05, 0) is 17.7 Å². The molecule has 0 aromatic heterocycles. The molecule has 0 aliphatic carbocycles. The van der Waals surface area contributed by atoms with E-state index in [1.165, 1.54) is 24.3 Å². The van der Waals surface area contributed by atoms with E-state index < -0.39 is 12.6 Å². The van der Waals surface area contributed by atoms with Crippen molar-refractivity contribution in [1.82, 2.24) is 0 Å². The molecule has 0 spiro atoms. The fraction of sp³-hybridized carbons (Fsp3) is 0.250. The Balaban J connectivity index is 2.82. The number of benzene rings is 1. The Bertz CT molecular complexity index is 245. The highest BCUT2D eigenvalue weighted by Gasteiger charge is 2.20. The normalized spacial score (nSPS) is 13.4. The van der Waals surface area contributed by atoms with Crippen LogP contribution in [0.4, 0.5) is 13.2 Å². The Morgan fingerprint density at radius 2 is 1.50 bits per heavy atom. The van der Waals surface area contributed by atoms with Gasteiger partial charge < -0.3 is 0 Å². The van der Waals surface area contributed by atoms with E-state index in [1.54, 1.807) is 0 Å². The summed E-state index contributed by atoms with van der Waals surface area (Å²) in [7, 11) is 0. The summed E-state index contributed by atoms with van der Waals surface area (Å²) in [5.74, 6) is 0. The van der Waals surface area contributed by atoms with E-state index in [0.717, 1.165) is 4.47 Å². The molecule has 0 amide bonds. The molecule has 0 heterocycles. The third-order valence-electron chi connectivity index (χ3n) is 1.41. The van der Waals surface area contributed by atoms with E-state index in [1.807, 2.05) is 0 Å². The average Bonchev–Trinajstić information content (AvgIpc) is 2.04. The van der Waals surface area contributed by atoms with Crippen LogP contribution in [0.5, 0.6) is 0 Å². The molecule has 4 heteroatoms. The molecule has 1 rings (SSSR count). The van der Waals surface area contributed by atoms with Crippen LogP contribution in [0, 0.1) is 0 Å². The van der Waals surface area contributed by atoms with Crippen LogP contribution in [0.2, 0.25) is 0 Å². The Morgan fingerprint density at radius 3 is 1.92 bits per heavy atom. The van der Waals surface area contributed by atoms with Gasteiger partial charge >= 0.3 is 0 Å². The molecule has 66 valence electrons. The van der Waals surface area contributed by atoms with Crippen LogP contribution >= 0.6 is 15.9 Å². The van der Waals surface area contributed by atoms with Crippen molar-refractivity contribution >= 4 is 15.9 Å². The van der Waals surface area contributed by atoms with E-state index in [9.17, 15) is 13.2 Å². The maximum atomic E-state index is 12.6. The van der Waals surface area contributed by atoms with Crippen LogP contribution in [-0.2, 0) is 0 Å². The highest BCUT2D eigenvalue weighted by Crippen LogP contribution is 2.25.